The van der Waals surface area contributed by atoms with Crippen molar-refractivity contribution in [2.45, 2.75) is 31.6 Å². The zero-order valence-electron chi connectivity index (χ0n) is 20.3. The lowest BCUT2D eigenvalue weighted by Crippen LogP contribution is -2.30. The number of carbonyl (C=O) groups is 3. The molecule has 190 valence electrons. The van der Waals surface area contributed by atoms with Gasteiger partial charge in [0.05, 0.1) is 22.5 Å². The van der Waals surface area contributed by atoms with Crippen LogP contribution >= 0.6 is 11.3 Å². The van der Waals surface area contributed by atoms with Crippen molar-refractivity contribution in [2.75, 3.05) is 5.32 Å². The lowest BCUT2D eigenvalue weighted by molar-refractivity contribution is -0.116. The number of aromatic nitrogens is 2. The molecule has 38 heavy (non-hydrogen) atoms. The largest absolute Gasteiger partial charge is 0.478 e. The lowest BCUT2D eigenvalue weighted by atomic mass is 9.73. The Labute approximate surface area is 221 Å². The van der Waals surface area contributed by atoms with Gasteiger partial charge in [0.25, 0.3) is 0 Å². The highest BCUT2D eigenvalue weighted by molar-refractivity contribution is 7.10. The number of thiophene rings is 1. The number of hydrogen-bond acceptors (Lipinski definition) is 6. The van der Waals surface area contributed by atoms with Gasteiger partial charge in [-0.3, -0.25) is 4.79 Å². The number of anilines is 1. The molecule has 0 fully saturated rings. The van der Waals surface area contributed by atoms with E-state index in [1.165, 1.54) is 6.07 Å². The molecule has 0 bridgehead atoms. The third kappa shape index (κ3) is 3.83. The molecule has 2 aromatic heterocycles. The van der Waals surface area contributed by atoms with Crippen LogP contribution in [0.4, 0.5) is 5.82 Å². The van der Waals surface area contributed by atoms with E-state index in [1.54, 1.807) is 58.5 Å². The molecule has 3 N–H and O–H groups in total. The number of carboxylic acid groups (broad SMARTS) is 2. The third-order valence-corrected chi connectivity index (χ3v) is 8.30. The maximum atomic E-state index is 13.7. The first kappa shape index (κ1) is 23.9. The summed E-state index contributed by atoms with van der Waals surface area (Å²) in [6.45, 7) is 1.84. The topological polar surface area (TPSA) is 122 Å². The van der Waals surface area contributed by atoms with Crippen molar-refractivity contribution >= 4 is 34.9 Å². The number of nitrogens with zero attached hydrogens (tertiary/aromatic N) is 2. The maximum absolute atomic E-state index is 13.7. The van der Waals surface area contributed by atoms with Crippen LogP contribution in [-0.2, 0) is 4.79 Å². The van der Waals surface area contributed by atoms with Gasteiger partial charge in [-0.05, 0) is 54.6 Å². The molecule has 1 aliphatic heterocycles. The van der Waals surface area contributed by atoms with E-state index in [9.17, 15) is 24.6 Å². The smallest absolute Gasteiger partial charge is 0.337 e. The Hall–Kier alpha value is -4.50. The minimum absolute atomic E-state index is 0.0354. The zero-order valence-corrected chi connectivity index (χ0v) is 21.2. The number of fused-ring (bicyclic) bond motifs is 1. The summed E-state index contributed by atoms with van der Waals surface area (Å²) < 4.78 is 1.61. The van der Waals surface area contributed by atoms with Crippen molar-refractivity contribution in [2.24, 2.45) is 0 Å². The van der Waals surface area contributed by atoms with E-state index in [1.807, 2.05) is 24.4 Å². The van der Waals surface area contributed by atoms with Crippen molar-refractivity contribution in [3.05, 3.63) is 110 Å². The normalized spacial score (nSPS) is 18.5. The molecule has 4 aromatic rings. The SMILES string of the molecule is Cc1nn(-c2ccccc2C(=O)O)c2c1[C@@H](c1ccc(C(=O)O)cc1)C1=C(C[C@H](c3cccs3)CC1=O)N2. The van der Waals surface area contributed by atoms with E-state index in [-0.39, 0.29) is 22.8 Å². The summed E-state index contributed by atoms with van der Waals surface area (Å²) in [5.41, 5.74) is 4.33. The molecule has 0 saturated carbocycles. The summed E-state index contributed by atoms with van der Waals surface area (Å²) in [5.74, 6) is -1.87. The average molecular weight is 526 g/mol. The van der Waals surface area contributed by atoms with Crippen molar-refractivity contribution in [3.8, 4) is 5.69 Å². The molecular formula is C29H23N3O5S. The predicted molar refractivity (Wildman–Crippen MR) is 142 cm³/mol. The summed E-state index contributed by atoms with van der Waals surface area (Å²) in [6.07, 6.45) is 1.00. The molecule has 0 spiro atoms. The summed E-state index contributed by atoms with van der Waals surface area (Å²) in [7, 11) is 0. The van der Waals surface area contributed by atoms with E-state index in [0.29, 0.717) is 35.6 Å². The van der Waals surface area contributed by atoms with Crippen molar-refractivity contribution in [3.63, 3.8) is 0 Å². The lowest BCUT2D eigenvalue weighted by Gasteiger charge is -2.35. The standard InChI is InChI=1S/C29H23N3O5S/c1-15-24-25(16-8-10-17(11-9-16)28(34)35)26-20(13-18(14-22(26)33)23-7-4-12-38-23)30-27(24)32(31-15)21-6-3-2-5-19(21)29(36)37/h2-12,18,25,30H,13-14H2,1H3,(H,34,35)(H,36,37)/t18-,25+/m0/s1. The average Bonchev–Trinajstić information content (AvgIpc) is 3.56. The fourth-order valence-corrected chi connectivity index (χ4v) is 6.40. The van der Waals surface area contributed by atoms with Crippen LogP contribution in [0.2, 0.25) is 0 Å². The molecule has 8 nitrogen and oxygen atoms in total. The number of aromatic carboxylic acids is 2. The Morgan fingerprint density at radius 2 is 1.76 bits per heavy atom. The van der Waals surface area contributed by atoms with Gasteiger partial charge < -0.3 is 15.5 Å². The number of benzene rings is 2. The fourth-order valence-electron chi connectivity index (χ4n) is 5.57. The van der Waals surface area contributed by atoms with Gasteiger partial charge in [0.2, 0.25) is 0 Å². The molecule has 0 radical (unpaired) electrons. The molecule has 2 atom stereocenters. The molecule has 2 aromatic carbocycles. The van der Waals surface area contributed by atoms with E-state index in [2.05, 4.69) is 5.32 Å². The van der Waals surface area contributed by atoms with Crippen LogP contribution in [0.3, 0.4) is 0 Å². The monoisotopic (exact) mass is 525 g/mol. The highest BCUT2D eigenvalue weighted by Crippen LogP contribution is 2.50. The molecule has 2 aliphatic rings. The Balaban J connectivity index is 1.56. The predicted octanol–water partition coefficient (Wildman–Crippen LogP) is 5.60. The number of rotatable bonds is 5. The summed E-state index contributed by atoms with van der Waals surface area (Å²) in [4.78, 5) is 38.4. The van der Waals surface area contributed by atoms with Crippen LogP contribution in [0.1, 0.15) is 67.1 Å². The summed E-state index contributed by atoms with van der Waals surface area (Å²) >= 11 is 1.63. The second-order valence-electron chi connectivity index (χ2n) is 9.50. The van der Waals surface area contributed by atoms with E-state index >= 15 is 0 Å². The number of Topliss-reactive ketones (excluding diaryl/α,β-unsaturated/α-hetero) is 1. The van der Waals surface area contributed by atoms with Crippen molar-refractivity contribution in [1.29, 1.82) is 0 Å². The van der Waals surface area contributed by atoms with Gasteiger partial charge in [-0.25, -0.2) is 14.3 Å². The van der Waals surface area contributed by atoms with Crippen molar-refractivity contribution < 1.29 is 24.6 Å². The first-order valence-electron chi connectivity index (χ1n) is 12.2. The molecule has 1 aliphatic carbocycles. The molecule has 3 heterocycles. The Morgan fingerprint density at radius 1 is 1.00 bits per heavy atom. The number of aryl methyl sites for hydroxylation is 1. The fraction of sp³-hybridized carbons (Fsp3) is 0.172. The van der Waals surface area contributed by atoms with Crippen LogP contribution in [0.25, 0.3) is 5.69 Å². The molecule has 9 heteroatoms. The number of para-hydroxylation sites is 1. The van der Waals surface area contributed by atoms with Gasteiger partial charge in [0.1, 0.15) is 5.82 Å². The number of carbonyl (C=O) groups excluding carboxylic acids is 1. The van der Waals surface area contributed by atoms with Crippen LogP contribution < -0.4 is 5.32 Å². The van der Waals surface area contributed by atoms with Crippen LogP contribution in [0.5, 0.6) is 0 Å². The summed E-state index contributed by atoms with van der Waals surface area (Å²) in [6, 6.07) is 17.3. The van der Waals surface area contributed by atoms with Gasteiger partial charge in [-0.15, -0.1) is 11.3 Å². The van der Waals surface area contributed by atoms with Gasteiger partial charge in [-0.2, -0.15) is 5.10 Å². The highest BCUT2D eigenvalue weighted by Gasteiger charge is 2.41. The van der Waals surface area contributed by atoms with Crippen molar-refractivity contribution in [1.82, 2.24) is 9.78 Å². The first-order chi connectivity index (χ1) is 18.3. The van der Waals surface area contributed by atoms with Crippen LogP contribution in [0, 0.1) is 6.92 Å². The van der Waals surface area contributed by atoms with E-state index < -0.39 is 17.9 Å². The minimum atomic E-state index is -1.07. The van der Waals surface area contributed by atoms with Gasteiger partial charge in [-0.1, -0.05) is 30.3 Å². The Kier molecular flexibility index (Phi) is 5.72. The Morgan fingerprint density at radius 3 is 2.45 bits per heavy atom. The van der Waals surface area contributed by atoms with Gasteiger partial charge >= 0.3 is 11.9 Å². The molecule has 0 saturated heterocycles. The van der Waals surface area contributed by atoms with Crippen LogP contribution in [0.15, 0.2) is 77.3 Å². The van der Waals surface area contributed by atoms with E-state index in [0.717, 1.165) is 21.7 Å². The first-order valence-corrected chi connectivity index (χ1v) is 13.0. The number of ketones is 1. The van der Waals surface area contributed by atoms with Gasteiger partial charge in [0, 0.05) is 40.0 Å². The summed E-state index contributed by atoms with van der Waals surface area (Å²) in [5, 5.41) is 29.5. The van der Waals surface area contributed by atoms with Crippen LogP contribution in [-0.4, -0.2) is 37.7 Å². The maximum Gasteiger partial charge on any atom is 0.337 e. The van der Waals surface area contributed by atoms with E-state index in [4.69, 9.17) is 5.10 Å². The molecule has 0 amide bonds. The number of carboxylic acids is 2. The quantitative estimate of drug-likeness (QED) is 0.310. The minimum Gasteiger partial charge on any atom is -0.478 e. The molecule has 6 rings (SSSR count). The Bertz CT molecular complexity index is 1630. The van der Waals surface area contributed by atoms with Gasteiger partial charge in [0.15, 0.2) is 5.78 Å². The number of hydrogen-bond donors (Lipinski definition) is 3. The second-order valence-corrected chi connectivity index (χ2v) is 10.5. The molecule has 0 unspecified atom stereocenters. The zero-order chi connectivity index (χ0) is 26.6. The number of nitrogens with one attached hydrogen (secondary N) is 1. The number of allylic oxidation sites excluding steroid dienone is 2. The molecular weight excluding hydrogens is 502 g/mol. The second kappa shape index (κ2) is 9.11. The highest BCUT2D eigenvalue weighted by atomic mass is 32.1. The third-order valence-electron chi connectivity index (χ3n) is 7.26.